The van der Waals surface area contributed by atoms with Crippen LogP contribution in [0.4, 0.5) is 0 Å². The van der Waals surface area contributed by atoms with Crippen molar-refractivity contribution in [2.45, 2.75) is 25.2 Å². The Morgan fingerprint density at radius 3 is 2.50 bits per heavy atom. The van der Waals surface area contributed by atoms with Crippen LogP contribution >= 0.6 is 0 Å². The van der Waals surface area contributed by atoms with Gasteiger partial charge in [-0.15, -0.1) is 0 Å². The van der Waals surface area contributed by atoms with Gasteiger partial charge in [0.15, 0.2) is 6.61 Å². The van der Waals surface area contributed by atoms with E-state index in [9.17, 15) is 9.59 Å². The number of carbonyl (C=O) groups is 2. The van der Waals surface area contributed by atoms with E-state index in [2.05, 4.69) is 17.4 Å². The Labute approximate surface area is 153 Å². The van der Waals surface area contributed by atoms with Crippen LogP contribution in [-0.4, -0.2) is 30.1 Å². The van der Waals surface area contributed by atoms with Crippen molar-refractivity contribution in [2.75, 3.05) is 13.2 Å². The minimum absolute atomic E-state index is 0.106. The molecule has 1 aliphatic rings. The monoisotopic (exact) mass is 353 g/mol. The van der Waals surface area contributed by atoms with E-state index in [4.69, 9.17) is 9.84 Å². The molecular weight excluding hydrogens is 330 g/mol. The van der Waals surface area contributed by atoms with Crippen LogP contribution in [0.2, 0.25) is 0 Å². The molecule has 0 bridgehead atoms. The van der Waals surface area contributed by atoms with E-state index < -0.39 is 5.97 Å². The molecule has 136 valence electrons. The van der Waals surface area contributed by atoms with Crippen LogP contribution in [0, 0.1) is 5.92 Å². The van der Waals surface area contributed by atoms with Gasteiger partial charge in [-0.25, -0.2) is 4.79 Å². The molecule has 5 nitrogen and oxygen atoms in total. The van der Waals surface area contributed by atoms with Crippen LogP contribution in [0.15, 0.2) is 54.6 Å². The highest BCUT2D eigenvalue weighted by Gasteiger charge is 2.39. The molecule has 0 spiro atoms. The van der Waals surface area contributed by atoms with Crippen molar-refractivity contribution < 1.29 is 19.4 Å². The van der Waals surface area contributed by atoms with Crippen LogP contribution in [0.25, 0.3) is 0 Å². The third kappa shape index (κ3) is 5.34. The summed E-state index contributed by atoms with van der Waals surface area (Å²) in [5.74, 6) is 0.626. The smallest absolute Gasteiger partial charge is 0.341 e. The summed E-state index contributed by atoms with van der Waals surface area (Å²) >= 11 is 0. The summed E-state index contributed by atoms with van der Waals surface area (Å²) in [6, 6.07) is 17.6. The Bertz CT molecular complexity index is 742. The van der Waals surface area contributed by atoms with Gasteiger partial charge in [-0.2, -0.15) is 0 Å². The lowest BCUT2D eigenvalue weighted by Gasteiger charge is -2.07. The summed E-state index contributed by atoms with van der Waals surface area (Å²) in [5.41, 5.74) is 2.40. The number of hydrogen-bond donors (Lipinski definition) is 2. The molecule has 0 heterocycles. The Morgan fingerprint density at radius 2 is 1.81 bits per heavy atom. The maximum atomic E-state index is 12.1. The summed E-state index contributed by atoms with van der Waals surface area (Å²) in [5, 5.41) is 11.6. The van der Waals surface area contributed by atoms with Gasteiger partial charge in [0.1, 0.15) is 5.75 Å². The van der Waals surface area contributed by atoms with Crippen molar-refractivity contribution in [1.29, 1.82) is 0 Å². The molecule has 1 saturated carbocycles. The summed E-state index contributed by atoms with van der Waals surface area (Å²) in [4.78, 5) is 22.5. The van der Waals surface area contributed by atoms with E-state index >= 15 is 0 Å². The minimum atomic E-state index is -0.998. The highest BCUT2D eigenvalue weighted by molar-refractivity contribution is 5.76. The van der Waals surface area contributed by atoms with Gasteiger partial charge in [0, 0.05) is 13.0 Å². The fraction of sp³-hybridized carbons (Fsp3) is 0.333. The molecule has 0 saturated heterocycles. The summed E-state index contributed by atoms with van der Waals surface area (Å²) in [6.45, 7) is 0.247. The zero-order valence-electron chi connectivity index (χ0n) is 14.6. The topological polar surface area (TPSA) is 75.6 Å². The van der Waals surface area contributed by atoms with Gasteiger partial charge >= 0.3 is 5.97 Å². The molecule has 2 atom stereocenters. The van der Waals surface area contributed by atoms with Crippen LogP contribution < -0.4 is 10.1 Å². The zero-order chi connectivity index (χ0) is 18.4. The molecule has 1 amide bonds. The number of aliphatic carboxylic acids is 1. The highest BCUT2D eigenvalue weighted by Crippen LogP contribution is 2.49. The second-order valence-electron chi connectivity index (χ2n) is 6.64. The van der Waals surface area contributed by atoms with Crippen LogP contribution in [-0.2, 0) is 16.0 Å². The lowest BCUT2D eigenvalue weighted by molar-refractivity contribution is -0.139. The molecule has 1 aliphatic carbocycles. The number of ether oxygens (including phenoxy) is 1. The third-order valence-electron chi connectivity index (χ3n) is 4.62. The predicted octanol–water partition coefficient (Wildman–Crippen LogP) is 3.00. The molecule has 2 N–H and O–H groups in total. The Hall–Kier alpha value is -2.82. The molecule has 2 aromatic carbocycles. The van der Waals surface area contributed by atoms with E-state index in [1.165, 1.54) is 5.56 Å². The van der Waals surface area contributed by atoms with E-state index in [-0.39, 0.29) is 12.5 Å². The second-order valence-corrected chi connectivity index (χ2v) is 6.64. The van der Waals surface area contributed by atoms with Gasteiger partial charge in [0.25, 0.3) is 0 Å². The first kappa shape index (κ1) is 18.0. The number of carbonyl (C=O) groups excluding carboxylic acids is 1. The van der Waals surface area contributed by atoms with E-state index in [0.29, 0.717) is 30.6 Å². The van der Waals surface area contributed by atoms with Crippen LogP contribution in [0.5, 0.6) is 5.75 Å². The highest BCUT2D eigenvalue weighted by atomic mass is 16.5. The van der Waals surface area contributed by atoms with Crippen molar-refractivity contribution in [1.82, 2.24) is 5.32 Å². The first-order valence-electron chi connectivity index (χ1n) is 8.87. The number of carboxylic acids is 1. The number of hydrogen-bond acceptors (Lipinski definition) is 3. The Balaban J connectivity index is 1.35. The fourth-order valence-electron chi connectivity index (χ4n) is 3.14. The van der Waals surface area contributed by atoms with Gasteiger partial charge in [-0.1, -0.05) is 42.5 Å². The zero-order valence-corrected chi connectivity index (χ0v) is 14.6. The van der Waals surface area contributed by atoms with E-state index in [1.54, 1.807) is 12.1 Å². The maximum Gasteiger partial charge on any atom is 0.341 e. The lowest BCUT2D eigenvalue weighted by Crippen LogP contribution is -2.25. The average molecular weight is 353 g/mol. The number of carboxylic acid groups (broad SMARTS) is 1. The predicted molar refractivity (Wildman–Crippen MR) is 98.2 cm³/mol. The first-order valence-corrected chi connectivity index (χ1v) is 8.87. The van der Waals surface area contributed by atoms with Crippen LogP contribution in [0.3, 0.4) is 0 Å². The number of benzene rings is 2. The molecule has 5 heteroatoms. The number of nitrogens with one attached hydrogen (secondary N) is 1. The molecular formula is C21H23NO4. The largest absolute Gasteiger partial charge is 0.482 e. The lowest BCUT2D eigenvalue weighted by atomic mass is 10.1. The molecule has 0 unspecified atom stereocenters. The molecule has 2 aromatic rings. The van der Waals surface area contributed by atoms with Crippen molar-refractivity contribution in [3.05, 3.63) is 65.7 Å². The molecule has 0 aromatic heterocycles. The van der Waals surface area contributed by atoms with Crippen molar-refractivity contribution in [3.63, 3.8) is 0 Å². The van der Waals surface area contributed by atoms with Crippen LogP contribution in [0.1, 0.15) is 29.9 Å². The summed E-state index contributed by atoms with van der Waals surface area (Å²) in [7, 11) is 0. The quantitative estimate of drug-likeness (QED) is 0.727. The van der Waals surface area contributed by atoms with E-state index in [1.807, 2.05) is 30.3 Å². The SMILES string of the molecule is O=C(O)COc1ccc(CCNC(=O)C[C@@H]2C[C@H]2c2ccccc2)cc1. The third-order valence-corrected chi connectivity index (χ3v) is 4.62. The molecule has 1 fully saturated rings. The van der Waals surface area contributed by atoms with Gasteiger partial charge in [0.05, 0.1) is 0 Å². The van der Waals surface area contributed by atoms with Gasteiger partial charge in [0.2, 0.25) is 5.91 Å². The molecule has 0 aliphatic heterocycles. The summed E-state index contributed by atoms with van der Waals surface area (Å²) < 4.78 is 5.09. The van der Waals surface area contributed by atoms with Crippen molar-refractivity contribution in [2.24, 2.45) is 5.92 Å². The van der Waals surface area contributed by atoms with Gasteiger partial charge in [-0.3, -0.25) is 4.79 Å². The fourth-order valence-corrected chi connectivity index (χ4v) is 3.14. The Morgan fingerprint density at radius 1 is 1.08 bits per heavy atom. The van der Waals surface area contributed by atoms with Gasteiger partial charge < -0.3 is 15.2 Å². The normalized spacial score (nSPS) is 18.2. The number of amides is 1. The van der Waals surface area contributed by atoms with Crippen molar-refractivity contribution in [3.8, 4) is 5.75 Å². The minimum Gasteiger partial charge on any atom is -0.482 e. The van der Waals surface area contributed by atoms with Crippen molar-refractivity contribution >= 4 is 11.9 Å². The van der Waals surface area contributed by atoms with E-state index in [0.717, 1.165) is 18.4 Å². The standard InChI is InChI=1S/C21H23NO4/c23-20(13-17-12-19(17)16-4-2-1-3-5-16)22-11-10-15-6-8-18(9-7-15)26-14-21(24)25/h1-9,17,19H,10-14H2,(H,22,23)(H,24,25)/t17-,19-/m0/s1. The van der Waals surface area contributed by atoms with Gasteiger partial charge in [-0.05, 0) is 47.9 Å². The Kier molecular flexibility index (Phi) is 5.89. The second kappa shape index (κ2) is 8.52. The first-order chi connectivity index (χ1) is 12.6. The molecule has 3 rings (SSSR count). The molecule has 26 heavy (non-hydrogen) atoms. The number of rotatable bonds is 9. The average Bonchev–Trinajstić information content (AvgIpc) is 3.41. The maximum absolute atomic E-state index is 12.1. The summed E-state index contributed by atoms with van der Waals surface area (Å²) in [6.07, 6.45) is 2.41. The molecule has 0 radical (unpaired) electrons.